The Hall–Kier alpha value is -1.89. The van der Waals surface area contributed by atoms with E-state index in [1.54, 1.807) is 25.9 Å². The Balaban J connectivity index is 3.09. The van der Waals surface area contributed by atoms with Gasteiger partial charge in [0.25, 0.3) is 11.5 Å². The van der Waals surface area contributed by atoms with Crippen molar-refractivity contribution in [2.45, 2.75) is 13.0 Å². The normalized spacial score (nSPS) is 12.0. The molecule has 0 aliphatic heterocycles. The summed E-state index contributed by atoms with van der Waals surface area (Å²) in [6.07, 6.45) is 1.52. The molecule has 1 amide bonds. The van der Waals surface area contributed by atoms with E-state index in [1.165, 1.54) is 12.3 Å². The third-order valence-corrected chi connectivity index (χ3v) is 2.22. The predicted octanol–water partition coefficient (Wildman–Crippen LogP) is -1.14. The molecule has 3 N–H and O–H groups in total. The number of hydrogen-bond donors (Lipinski definition) is 2. The van der Waals surface area contributed by atoms with Gasteiger partial charge in [0.1, 0.15) is 6.04 Å². The first-order valence-electron chi connectivity index (χ1n) is 4.74. The number of carbonyl (C=O) groups excluding carboxylic acids is 1. The molecule has 0 bridgehead atoms. The molecule has 1 unspecified atom stereocenters. The third-order valence-electron chi connectivity index (χ3n) is 2.22. The van der Waals surface area contributed by atoms with Crippen molar-refractivity contribution in [3.8, 4) is 0 Å². The molecule has 0 aromatic carbocycles. The summed E-state index contributed by atoms with van der Waals surface area (Å²) in [4.78, 5) is 24.7. The Kier molecular flexibility index (Phi) is 3.62. The second-order valence-electron chi connectivity index (χ2n) is 3.58. The molecule has 0 aliphatic carbocycles. The van der Waals surface area contributed by atoms with Crippen molar-refractivity contribution < 1.29 is 4.79 Å². The highest BCUT2D eigenvalue weighted by atomic mass is 16.2. The van der Waals surface area contributed by atoms with E-state index in [-0.39, 0.29) is 5.56 Å². The predicted molar refractivity (Wildman–Crippen MR) is 59.9 cm³/mol. The van der Waals surface area contributed by atoms with Crippen molar-refractivity contribution >= 4 is 11.6 Å². The summed E-state index contributed by atoms with van der Waals surface area (Å²) < 4.78 is 1.08. The molecule has 0 saturated carbocycles. The zero-order chi connectivity index (χ0) is 12.3. The SMILES string of the molecule is CC(C(=O)NN)n1ncc(N(C)C)cc1=O. The number of hydrogen-bond acceptors (Lipinski definition) is 5. The Morgan fingerprint density at radius 1 is 1.62 bits per heavy atom. The summed E-state index contributed by atoms with van der Waals surface area (Å²) in [6, 6.07) is 0.682. The van der Waals surface area contributed by atoms with E-state index in [0.717, 1.165) is 4.68 Å². The number of amides is 1. The maximum atomic E-state index is 11.7. The first-order chi connectivity index (χ1) is 7.47. The molecule has 0 spiro atoms. The van der Waals surface area contributed by atoms with Crippen LogP contribution in [0, 0.1) is 0 Å². The lowest BCUT2D eigenvalue weighted by Crippen LogP contribution is -2.40. The van der Waals surface area contributed by atoms with Crippen LogP contribution < -0.4 is 21.7 Å². The first kappa shape index (κ1) is 12.2. The minimum Gasteiger partial charge on any atom is -0.376 e. The lowest BCUT2D eigenvalue weighted by molar-refractivity contribution is -0.124. The van der Waals surface area contributed by atoms with Crippen molar-refractivity contribution in [3.63, 3.8) is 0 Å². The molecule has 0 radical (unpaired) electrons. The molecule has 0 fully saturated rings. The van der Waals surface area contributed by atoms with Crippen LogP contribution >= 0.6 is 0 Å². The van der Waals surface area contributed by atoms with Gasteiger partial charge >= 0.3 is 0 Å². The second kappa shape index (κ2) is 4.75. The molecular formula is C9H15N5O2. The number of nitrogens with one attached hydrogen (secondary N) is 1. The first-order valence-corrected chi connectivity index (χ1v) is 4.74. The van der Waals surface area contributed by atoms with Crippen molar-refractivity contribution in [2.24, 2.45) is 5.84 Å². The van der Waals surface area contributed by atoms with Gasteiger partial charge < -0.3 is 4.90 Å². The topological polar surface area (TPSA) is 93.2 Å². The van der Waals surface area contributed by atoms with Gasteiger partial charge in [0, 0.05) is 20.2 Å². The summed E-state index contributed by atoms with van der Waals surface area (Å²) in [6.45, 7) is 1.55. The van der Waals surface area contributed by atoms with Crippen LogP contribution in [0.25, 0.3) is 0 Å². The van der Waals surface area contributed by atoms with Gasteiger partial charge in [-0.1, -0.05) is 0 Å². The molecule has 0 aliphatic rings. The Morgan fingerprint density at radius 3 is 2.69 bits per heavy atom. The third kappa shape index (κ3) is 2.37. The zero-order valence-electron chi connectivity index (χ0n) is 9.47. The summed E-state index contributed by atoms with van der Waals surface area (Å²) >= 11 is 0. The average Bonchev–Trinajstić information content (AvgIpc) is 2.26. The fourth-order valence-corrected chi connectivity index (χ4v) is 1.18. The van der Waals surface area contributed by atoms with Crippen molar-refractivity contribution in [3.05, 3.63) is 22.6 Å². The molecule has 1 aromatic rings. The van der Waals surface area contributed by atoms with Gasteiger partial charge in [-0.25, -0.2) is 10.5 Å². The molecule has 1 heterocycles. The highest BCUT2D eigenvalue weighted by molar-refractivity contribution is 5.79. The van der Waals surface area contributed by atoms with Gasteiger partial charge in [0.05, 0.1) is 11.9 Å². The summed E-state index contributed by atoms with van der Waals surface area (Å²) in [5, 5.41) is 3.91. The number of anilines is 1. The lowest BCUT2D eigenvalue weighted by atomic mass is 10.3. The lowest BCUT2D eigenvalue weighted by Gasteiger charge is -2.15. The van der Waals surface area contributed by atoms with Crippen molar-refractivity contribution in [1.82, 2.24) is 15.2 Å². The van der Waals surface area contributed by atoms with Crippen LogP contribution in [0.4, 0.5) is 5.69 Å². The van der Waals surface area contributed by atoms with E-state index in [0.29, 0.717) is 5.69 Å². The minimum absolute atomic E-state index is 0.345. The van der Waals surface area contributed by atoms with Crippen LogP contribution in [0.5, 0.6) is 0 Å². The summed E-state index contributed by atoms with van der Waals surface area (Å²) in [7, 11) is 3.60. The molecule has 88 valence electrons. The van der Waals surface area contributed by atoms with Crippen LogP contribution in [0.3, 0.4) is 0 Å². The van der Waals surface area contributed by atoms with Crippen molar-refractivity contribution in [1.29, 1.82) is 0 Å². The number of hydrazine groups is 1. The standard InChI is InChI=1S/C9H15N5O2/c1-6(9(16)12-10)14-8(15)4-7(5-11-14)13(2)3/h4-6H,10H2,1-3H3,(H,12,16). The Morgan fingerprint density at radius 2 is 2.25 bits per heavy atom. The monoisotopic (exact) mass is 225 g/mol. The number of carbonyl (C=O) groups is 1. The number of aromatic nitrogens is 2. The Bertz CT molecular complexity index is 440. The van der Waals surface area contributed by atoms with Gasteiger partial charge in [-0.05, 0) is 6.92 Å². The molecular weight excluding hydrogens is 210 g/mol. The maximum absolute atomic E-state index is 11.7. The fraction of sp³-hybridized carbons (Fsp3) is 0.444. The molecule has 1 atom stereocenters. The highest BCUT2D eigenvalue weighted by Crippen LogP contribution is 2.06. The molecule has 16 heavy (non-hydrogen) atoms. The van der Waals surface area contributed by atoms with E-state index >= 15 is 0 Å². The molecule has 0 saturated heterocycles. The molecule has 7 nitrogen and oxygen atoms in total. The smallest absolute Gasteiger partial charge is 0.269 e. The van der Waals surface area contributed by atoms with Crippen LogP contribution in [-0.2, 0) is 4.79 Å². The van der Waals surface area contributed by atoms with E-state index in [2.05, 4.69) is 5.10 Å². The van der Waals surface area contributed by atoms with Crippen LogP contribution in [0.1, 0.15) is 13.0 Å². The van der Waals surface area contributed by atoms with E-state index in [1.807, 2.05) is 5.43 Å². The summed E-state index contributed by atoms with van der Waals surface area (Å²) in [5.41, 5.74) is 2.32. The van der Waals surface area contributed by atoms with Crippen LogP contribution in [0.2, 0.25) is 0 Å². The number of rotatable bonds is 3. The van der Waals surface area contributed by atoms with E-state index in [9.17, 15) is 9.59 Å². The largest absolute Gasteiger partial charge is 0.376 e. The van der Waals surface area contributed by atoms with E-state index in [4.69, 9.17) is 5.84 Å². The molecule has 7 heteroatoms. The van der Waals surface area contributed by atoms with Crippen LogP contribution in [-0.4, -0.2) is 29.8 Å². The number of nitrogens with zero attached hydrogens (tertiary/aromatic N) is 3. The van der Waals surface area contributed by atoms with Gasteiger partial charge in [-0.15, -0.1) is 0 Å². The molecule has 1 aromatic heterocycles. The Labute approximate surface area is 92.8 Å². The van der Waals surface area contributed by atoms with Gasteiger partial charge in [0.2, 0.25) is 0 Å². The second-order valence-corrected chi connectivity index (χ2v) is 3.58. The van der Waals surface area contributed by atoms with Gasteiger partial charge in [0.15, 0.2) is 0 Å². The highest BCUT2D eigenvalue weighted by Gasteiger charge is 2.16. The van der Waals surface area contributed by atoms with Gasteiger partial charge in [-0.2, -0.15) is 5.10 Å². The van der Waals surface area contributed by atoms with E-state index < -0.39 is 11.9 Å². The fourth-order valence-electron chi connectivity index (χ4n) is 1.18. The maximum Gasteiger partial charge on any atom is 0.269 e. The summed E-state index contributed by atoms with van der Waals surface area (Å²) in [5.74, 6) is 4.52. The quantitative estimate of drug-likeness (QED) is 0.385. The average molecular weight is 225 g/mol. The van der Waals surface area contributed by atoms with Crippen LogP contribution in [0.15, 0.2) is 17.1 Å². The minimum atomic E-state index is -0.728. The number of nitrogens with two attached hydrogens (primary N) is 1. The van der Waals surface area contributed by atoms with Gasteiger partial charge in [-0.3, -0.25) is 15.0 Å². The molecule has 1 rings (SSSR count). The zero-order valence-corrected chi connectivity index (χ0v) is 9.47. The van der Waals surface area contributed by atoms with Crippen molar-refractivity contribution in [2.75, 3.05) is 19.0 Å².